The standard InChI is InChI=1S/C19H18N2O3.BBr3/c1-12-15(10-13-6-4-3-5-7-13)16-9-8-14(24-2)11-21(16)17(12)18(22)19(20)23;2-1(3)4/h3-9,11H,10H2,1-2H3,(H2,20,23);. The average molecular weight is 573 g/mol. The molecule has 2 N–H and O–H groups in total. The molecule has 3 aromatic rings. The summed E-state index contributed by atoms with van der Waals surface area (Å²) in [4.78, 5) is 23.8. The van der Waals surface area contributed by atoms with Gasteiger partial charge in [0.2, 0.25) is 0 Å². The zero-order valence-corrected chi connectivity index (χ0v) is 20.0. The highest BCUT2D eigenvalue weighted by atomic mass is 79.9. The lowest BCUT2D eigenvalue weighted by Crippen LogP contribution is -2.25. The first-order valence-electron chi connectivity index (χ1n) is 8.24. The number of hydrogen-bond donors (Lipinski definition) is 1. The second kappa shape index (κ2) is 10.3. The summed E-state index contributed by atoms with van der Waals surface area (Å²) in [6.45, 7) is 1.84. The average Bonchev–Trinajstić information content (AvgIpc) is 2.92. The molecule has 9 heteroatoms. The summed E-state index contributed by atoms with van der Waals surface area (Å²) in [5, 5.41) is 0. The Kier molecular flexibility index (Phi) is 8.33. The summed E-state index contributed by atoms with van der Waals surface area (Å²) in [6.07, 6.45) is 2.36. The number of fused-ring (bicyclic) bond motifs is 1. The van der Waals surface area contributed by atoms with E-state index in [0.717, 1.165) is 22.2 Å². The molecule has 1 aromatic carbocycles. The molecule has 1 amide bonds. The molecular weight excluding hydrogens is 555 g/mol. The molecule has 146 valence electrons. The lowest BCUT2D eigenvalue weighted by Gasteiger charge is -2.05. The van der Waals surface area contributed by atoms with Gasteiger partial charge in [-0.3, -0.25) is 9.59 Å². The number of halogens is 3. The number of Topliss-reactive ketones (excluding diaryl/α,β-unsaturated/α-hetero) is 1. The number of methoxy groups -OCH3 is 1. The van der Waals surface area contributed by atoms with Crippen LogP contribution in [0.25, 0.3) is 5.52 Å². The van der Waals surface area contributed by atoms with E-state index >= 15 is 0 Å². The third-order valence-corrected chi connectivity index (χ3v) is 4.18. The van der Waals surface area contributed by atoms with Gasteiger partial charge in [-0.1, -0.05) is 30.3 Å². The van der Waals surface area contributed by atoms with Crippen LogP contribution in [0.3, 0.4) is 0 Å². The zero-order chi connectivity index (χ0) is 20.8. The van der Waals surface area contributed by atoms with Crippen LogP contribution in [-0.2, 0) is 11.2 Å². The van der Waals surface area contributed by atoms with Crippen molar-refractivity contribution in [3.05, 3.63) is 71.0 Å². The van der Waals surface area contributed by atoms with E-state index < -0.39 is 11.7 Å². The van der Waals surface area contributed by atoms with Gasteiger partial charge in [-0.15, -0.1) is 47.3 Å². The fourth-order valence-electron chi connectivity index (χ4n) is 2.97. The van der Waals surface area contributed by atoms with Gasteiger partial charge < -0.3 is 14.9 Å². The number of amides is 1. The second-order valence-corrected chi connectivity index (χ2v) is 12.3. The van der Waals surface area contributed by atoms with Gasteiger partial charge in [0.05, 0.1) is 13.3 Å². The highest BCUT2D eigenvalue weighted by Gasteiger charge is 2.24. The van der Waals surface area contributed by atoms with Crippen molar-refractivity contribution in [1.29, 1.82) is 0 Å². The Balaban J connectivity index is 0.000000640. The minimum atomic E-state index is -0.966. The topological polar surface area (TPSA) is 73.8 Å². The maximum atomic E-state index is 12.3. The number of benzene rings is 1. The smallest absolute Gasteiger partial charge is 0.369 e. The van der Waals surface area contributed by atoms with Crippen LogP contribution in [0.1, 0.15) is 27.2 Å². The molecule has 3 rings (SSSR count). The predicted octanol–water partition coefficient (Wildman–Crippen LogP) is 4.67. The Labute approximate surface area is 188 Å². The summed E-state index contributed by atoms with van der Waals surface area (Å²) < 4.78 is 7.20. The Morgan fingerprint density at radius 1 is 1.11 bits per heavy atom. The molecule has 0 atom stereocenters. The summed E-state index contributed by atoms with van der Waals surface area (Å²) in [6, 6.07) is 13.7. The maximum Gasteiger partial charge on any atom is 0.369 e. The van der Waals surface area contributed by atoms with Crippen molar-refractivity contribution in [3.8, 4) is 5.75 Å². The van der Waals surface area contributed by atoms with Gasteiger partial charge in [-0.2, -0.15) is 0 Å². The SMILES string of the molecule is BrB(Br)Br.COc1ccc2c(Cc3ccccc3)c(C)c(C(=O)C(N)=O)n2c1. The molecule has 0 fully saturated rings. The van der Waals surface area contributed by atoms with E-state index in [1.165, 1.54) is 0 Å². The zero-order valence-electron chi connectivity index (χ0n) is 15.3. The summed E-state index contributed by atoms with van der Waals surface area (Å²) in [5.74, 6) is -1.07. The molecule has 2 heterocycles. The van der Waals surface area contributed by atoms with Crippen LogP contribution in [0.2, 0.25) is 0 Å². The molecule has 0 radical (unpaired) electrons. The monoisotopic (exact) mass is 570 g/mol. The van der Waals surface area contributed by atoms with Gasteiger partial charge in [0.25, 0.3) is 11.7 Å². The number of rotatable bonds is 5. The van der Waals surface area contributed by atoms with Crippen molar-refractivity contribution in [2.75, 3.05) is 7.11 Å². The highest BCUT2D eigenvalue weighted by molar-refractivity contribution is 9.69. The highest BCUT2D eigenvalue weighted by Crippen LogP contribution is 2.28. The van der Waals surface area contributed by atoms with E-state index in [4.69, 9.17) is 10.5 Å². The van der Waals surface area contributed by atoms with Crippen LogP contribution >= 0.6 is 47.3 Å². The van der Waals surface area contributed by atoms with Crippen molar-refractivity contribution in [2.45, 2.75) is 13.3 Å². The van der Waals surface area contributed by atoms with E-state index in [1.807, 2.05) is 49.4 Å². The number of aromatic nitrogens is 1. The first kappa shape index (κ1) is 22.7. The summed E-state index contributed by atoms with van der Waals surface area (Å²) >= 11 is 9.31. The Morgan fingerprint density at radius 2 is 1.71 bits per heavy atom. The van der Waals surface area contributed by atoms with Gasteiger partial charge in [0.1, 0.15) is 11.4 Å². The number of hydrogen-bond acceptors (Lipinski definition) is 3. The van der Waals surface area contributed by atoms with Crippen molar-refractivity contribution < 1.29 is 14.3 Å². The molecule has 2 aromatic heterocycles. The molecule has 0 saturated carbocycles. The molecule has 0 saturated heterocycles. The molecule has 0 aliphatic heterocycles. The molecule has 0 bridgehead atoms. The van der Waals surface area contributed by atoms with Gasteiger partial charge in [-0.25, -0.2) is 0 Å². The lowest BCUT2D eigenvalue weighted by molar-refractivity contribution is -0.114. The molecule has 28 heavy (non-hydrogen) atoms. The summed E-state index contributed by atoms with van der Waals surface area (Å²) in [7, 11) is 1.55. The van der Waals surface area contributed by atoms with Gasteiger partial charge >= 0.3 is 3.18 Å². The summed E-state index contributed by atoms with van der Waals surface area (Å²) in [5.41, 5.74) is 9.26. The predicted molar refractivity (Wildman–Crippen MR) is 124 cm³/mol. The van der Waals surface area contributed by atoms with Crippen LogP contribution in [0.15, 0.2) is 48.7 Å². The van der Waals surface area contributed by atoms with Gasteiger partial charge in [-0.05, 0) is 42.2 Å². The number of carbonyl (C=O) groups excluding carboxylic acids is 2. The Morgan fingerprint density at radius 3 is 2.25 bits per heavy atom. The van der Waals surface area contributed by atoms with E-state index in [2.05, 4.69) is 47.3 Å². The molecule has 0 aliphatic rings. The number of ether oxygens (including phenoxy) is 1. The van der Waals surface area contributed by atoms with E-state index in [9.17, 15) is 9.59 Å². The maximum absolute atomic E-state index is 12.3. The third kappa shape index (κ3) is 5.49. The lowest BCUT2D eigenvalue weighted by atomic mass is 10.0. The van der Waals surface area contributed by atoms with E-state index in [-0.39, 0.29) is 3.18 Å². The minimum absolute atomic E-state index is 0.271. The van der Waals surface area contributed by atoms with E-state index in [1.54, 1.807) is 17.7 Å². The fourth-order valence-corrected chi connectivity index (χ4v) is 2.97. The van der Waals surface area contributed by atoms with Gasteiger partial charge in [0, 0.05) is 5.52 Å². The third-order valence-electron chi connectivity index (χ3n) is 4.18. The number of ketones is 1. The molecule has 0 aliphatic carbocycles. The molecular formula is C19H18BBr3N2O3. The quantitative estimate of drug-likeness (QED) is 0.274. The Hall–Kier alpha value is -1.58. The first-order valence-corrected chi connectivity index (χ1v) is 11.0. The normalized spacial score (nSPS) is 10.2. The number of nitrogens with zero attached hydrogens (tertiary/aromatic N) is 1. The number of pyridine rings is 1. The van der Waals surface area contributed by atoms with Crippen LogP contribution < -0.4 is 10.5 Å². The number of primary amides is 1. The number of carbonyl (C=O) groups is 2. The van der Waals surface area contributed by atoms with Crippen molar-refractivity contribution in [2.24, 2.45) is 5.73 Å². The van der Waals surface area contributed by atoms with Crippen LogP contribution in [-0.4, -0.2) is 26.4 Å². The minimum Gasteiger partial charge on any atom is -0.495 e. The van der Waals surface area contributed by atoms with Gasteiger partial charge in [0.15, 0.2) is 0 Å². The fraction of sp³-hybridized carbons (Fsp3) is 0.158. The second-order valence-electron chi connectivity index (χ2n) is 5.88. The molecule has 0 unspecified atom stereocenters. The van der Waals surface area contributed by atoms with Crippen molar-refractivity contribution >= 4 is 67.7 Å². The van der Waals surface area contributed by atoms with E-state index in [0.29, 0.717) is 17.9 Å². The Bertz CT molecular complexity index is 988. The largest absolute Gasteiger partial charge is 0.495 e. The molecule has 5 nitrogen and oxygen atoms in total. The van der Waals surface area contributed by atoms with Crippen LogP contribution in [0, 0.1) is 6.92 Å². The first-order chi connectivity index (χ1) is 13.3. The van der Waals surface area contributed by atoms with Crippen LogP contribution in [0.5, 0.6) is 5.75 Å². The molecule has 0 spiro atoms. The van der Waals surface area contributed by atoms with Crippen LogP contribution in [0.4, 0.5) is 0 Å². The number of nitrogens with two attached hydrogens (primary N) is 1. The van der Waals surface area contributed by atoms with Crippen molar-refractivity contribution in [1.82, 2.24) is 4.40 Å². The van der Waals surface area contributed by atoms with Crippen molar-refractivity contribution in [3.63, 3.8) is 0 Å².